The number of esters is 1. The van der Waals surface area contributed by atoms with Crippen LogP contribution in [0.25, 0.3) is 0 Å². The van der Waals surface area contributed by atoms with E-state index in [-0.39, 0.29) is 24.0 Å². The molecule has 2 rings (SSSR count). The van der Waals surface area contributed by atoms with Gasteiger partial charge in [-0.3, -0.25) is 24.5 Å². The van der Waals surface area contributed by atoms with E-state index in [4.69, 9.17) is 4.74 Å². The molecular weight excluding hydrogens is 396 g/mol. The summed E-state index contributed by atoms with van der Waals surface area (Å²) in [4.78, 5) is 46.1. The van der Waals surface area contributed by atoms with Gasteiger partial charge in [0.15, 0.2) is 12.4 Å². The topological polar surface area (TPSA) is 116 Å². The summed E-state index contributed by atoms with van der Waals surface area (Å²) in [6.07, 6.45) is 0. The van der Waals surface area contributed by atoms with Gasteiger partial charge in [0.1, 0.15) is 5.25 Å². The van der Waals surface area contributed by atoms with Crippen molar-refractivity contribution in [3.05, 3.63) is 69.8 Å². The molecule has 0 spiro atoms. The van der Waals surface area contributed by atoms with Gasteiger partial charge < -0.3 is 10.1 Å². The molecule has 29 heavy (non-hydrogen) atoms. The lowest BCUT2D eigenvalue weighted by Crippen LogP contribution is -2.21. The normalized spacial score (nSPS) is 11.4. The molecule has 2 aromatic rings. The Kier molecular flexibility index (Phi) is 7.90. The van der Waals surface area contributed by atoms with Gasteiger partial charge in [-0.25, -0.2) is 0 Å². The molecule has 152 valence electrons. The van der Waals surface area contributed by atoms with Gasteiger partial charge in [0.25, 0.3) is 5.69 Å². The second kappa shape index (κ2) is 10.4. The number of hydrogen-bond acceptors (Lipinski definition) is 7. The first-order valence-corrected chi connectivity index (χ1v) is 9.58. The van der Waals surface area contributed by atoms with Crippen LogP contribution in [0.15, 0.2) is 53.4 Å². The molecule has 0 unspecified atom stereocenters. The molecule has 0 aliphatic carbocycles. The Hall–Kier alpha value is -3.20. The van der Waals surface area contributed by atoms with E-state index in [9.17, 15) is 24.5 Å². The average Bonchev–Trinajstić information content (AvgIpc) is 2.70. The van der Waals surface area contributed by atoms with Gasteiger partial charge in [0, 0.05) is 36.1 Å². The Morgan fingerprint density at radius 1 is 1.10 bits per heavy atom. The van der Waals surface area contributed by atoms with Crippen molar-refractivity contribution in [3.8, 4) is 0 Å². The minimum atomic E-state index is -0.579. The lowest BCUT2D eigenvalue weighted by Gasteiger charge is -2.11. The summed E-state index contributed by atoms with van der Waals surface area (Å²) in [6, 6.07) is 12.5. The summed E-state index contributed by atoms with van der Waals surface area (Å²) < 4.78 is 5.09. The summed E-state index contributed by atoms with van der Waals surface area (Å²) in [5.74, 6) is -1.03. The molecule has 0 aliphatic rings. The zero-order valence-electron chi connectivity index (χ0n) is 15.9. The summed E-state index contributed by atoms with van der Waals surface area (Å²) in [6.45, 7) is 3.05. The second-order valence-corrected chi connectivity index (χ2v) is 7.56. The third-order valence-corrected chi connectivity index (χ3v) is 4.95. The van der Waals surface area contributed by atoms with Gasteiger partial charge in [-0.1, -0.05) is 24.3 Å². The zero-order valence-corrected chi connectivity index (χ0v) is 16.7. The number of carbonyl (C=O) groups is 3. The second-order valence-electron chi connectivity index (χ2n) is 6.15. The maximum absolute atomic E-state index is 12.2. The first kappa shape index (κ1) is 22.1. The van der Waals surface area contributed by atoms with E-state index in [0.717, 1.165) is 5.56 Å². The molecule has 2 aromatic carbocycles. The Morgan fingerprint density at radius 3 is 2.28 bits per heavy atom. The van der Waals surface area contributed by atoms with Crippen molar-refractivity contribution < 1.29 is 24.0 Å². The molecule has 0 heterocycles. The molecule has 0 fully saturated rings. The lowest BCUT2D eigenvalue weighted by molar-refractivity contribution is -0.384. The van der Waals surface area contributed by atoms with Gasteiger partial charge in [0.05, 0.1) is 4.92 Å². The van der Waals surface area contributed by atoms with E-state index in [1.807, 2.05) is 0 Å². The van der Waals surface area contributed by atoms with Crippen molar-refractivity contribution in [1.29, 1.82) is 0 Å². The maximum Gasteiger partial charge on any atom is 0.319 e. The number of benzene rings is 2. The summed E-state index contributed by atoms with van der Waals surface area (Å²) in [7, 11) is 0. The summed E-state index contributed by atoms with van der Waals surface area (Å²) in [5, 5.41) is 12.7. The SMILES string of the molecule is CC(=O)NCc1ccc(C(=O)COC(=O)[C@@H](C)Sc2ccc([N+](=O)[O-])cc2)cc1. The van der Waals surface area contributed by atoms with Crippen LogP contribution in [0.5, 0.6) is 0 Å². The summed E-state index contributed by atoms with van der Waals surface area (Å²) >= 11 is 1.19. The molecule has 0 bridgehead atoms. The van der Waals surface area contributed by atoms with Crippen molar-refractivity contribution >= 4 is 35.1 Å². The van der Waals surface area contributed by atoms with Crippen LogP contribution in [0.1, 0.15) is 29.8 Å². The van der Waals surface area contributed by atoms with Gasteiger partial charge >= 0.3 is 5.97 Å². The van der Waals surface area contributed by atoms with Crippen LogP contribution in [0.3, 0.4) is 0 Å². The van der Waals surface area contributed by atoms with Gasteiger partial charge in [0.2, 0.25) is 5.91 Å². The number of amides is 1. The third-order valence-electron chi connectivity index (χ3n) is 3.86. The van der Waals surface area contributed by atoms with Crippen LogP contribution in [-0.2, 0) is 20.9 Å². The number of ether oxygens (including phenoxy) is 1. The van der Waals surface area contributed by atoms with Crippen molar-refractivity contribution in [2.24, 2.45) is 0 Å². The maximum atomic E-state index is 12.2. The number of nitro benzene ring substituents is 1. The van der Waals surface area contributed by atoms with Crippen LogP contribution in [0.4, 0.5) is 5.69 Å². The highest BCUT2D eigenvalue weighted by molar-refractivity contribution is 8.00. The Bertz CT molecular complexity index is 896. The molecular formula is C20H20N2O6S. The lowest BCUT2D eigenvalue weighted by atomic mass is 10.1. The van der Waals surface area contributed by atoms with E-state index in [2.05, 4.69) is 5.32 Å². The summed E-state index contributed by atoms with van der Waals surface area (Å²) in [5.41, 5.74) is 1.22. The van der Waals surface area contributed by atoms with Crippen LogP contribution in [-0.4, -0.2) is 34.4 Å². The number of hydrogen-bond donors (Lipinski definition) is 1. The first-order valence-electron chi connectivity index (χ1n) is 8.70. The quantitative estimate of drug-likeness (QED) is 0.219. The van der Waals surface area contributed by atoms with E-state index in [1.165, 1.54) is 30.8 Å². The Morgan fingerprint density at radius 2 is 1.72 bits per heavy atom. The molecule has 0 radical (unpaired) electrons. The fraction of sp³-hybridized carbons (Fsp3) is 0.250. The smallest absolute Gasteiger partial charge is 0.319 e. The van der Waals surface area contributed by atoms with Gasteiger partial charge in [-0.05, 0) is 24.6 Å². The van der Waals surface area contributed by atoms with Crippen molar-refractivity contribution in [3.63, 3.8) is 0 Å². The third kappa shape index (κ3) is 7.04. The molecule has 0 aromatic heterocycles. The molecule has 1 atom stereocenters. The van der Waals surface area contributed by atoms with Crippen molar-refractivity contribution in [2.45, 2.75) is 30.5 Å². The zero-order chi connectivity index (χ0) is 21.4. The van der Waals surface area contributed by atoms with Gasteiger partial charge in [-0.2, -0.15) is 0 Å². The number of rotatable bonds is 9. The first-order chi connectivity index (χ1) is 13.8. The number of Topliss-reactive ketones (excluding diaryl/α,β-unsaturated/α-hetero) is 1. The number of ketones is 1. The van der Waals surface area contributed by atoms with Crippen LogP contribution in [0.2, 0.25) is 0 Å². The Balaban J connectivity index is 1.83. The number of nitro groups is 1. The minimum absolute atomic E-state index is 0.0294. The predicted molar refractivity (Wildman–Crippen MR) is 108 cm³/mol. The van der Waals surface area contributed by atoms with Crippen molar-refractivity contribution in [1.82, 2.24) is 5.32 Å². The fourth-order valence-electron chi connectivity index (χ4n) is 2.27. The fourth-order valence-corrected chi connectivity index (χ4v) is 3.14. The number of nitrogens with zero attached hydrogens (tertiary/aromatic N) is 1. The molecule has 0 saturated carbocycles. The molecule has 0 aliphatic heterocycles. The highest BCUT2D eigenvalue weighted by Gasteiger charge is 2.18. The monoisotopic (exact) mass is 416 g/mol. The molecule has 8 nitrogen and oxygen atoms in total. The highest BCUT2D eigenvalue weighted by Crippen LogP contribution is 2.26. The standard InChI is InChI=1S/C20H20N2O6S/c1-13(29-18-9-7-17(8-10-18)22(26)27)20(25)28-12-19(24)16-5-3-15(4-6-16)11-21-14(2)23/h3-10,13H,11-12H2,1-2H3,(H,21,23)/t13-/m1/s1. The molecule has 1 N–H and O–H groups in total. The number of nitrogens with one attached hydrogen (secondary N) is 1. The molecule has 1 amide bonds. The van der Waals surface area contributed by atoms with Crippen LogP contribution in [0, 0.1) is 10.1 Å². The van der Waals surface area contributed by atoms with E-state index >= 15 is 0 Å². The minimum Gasteiger partial charge on any atom is -0.456 e. The van der Waals surface area contributed by atoms with E-state index in [1.54, 1.807) is 43.3 Å². The number of carbonyl (C=O) groups excluding carboxylic acids is 3. The predicted octanol–water partition coefficient (Wildman–Crippen LogP) is 3.14. The van der Waals surface area contributed by atoms with Gasteiger partial charge in [-0.15, -0.1) is 11.8 Å². The van der Waals surface area contributed by atoms with E-state index < -0.39 is 16.1 Å². The molecule has 0 saturated heterocycles. The number of non-ortho nitro benzene ring substituents is 1. The van der Waals surface area contributed by atoms with E-state index in [0.29, 0.717) is 17.0 Å². The van der Waals surface area contributed by atoms with Crippen LogP contribution >= 0.6 is 11.8 Å². The van der Waals surface area contributed by atoms with Crippen molar-refractivity contribution in [2.75, 3.05) is 6.61 Å². The Labute approximate surface area is 171 Å². The number of thioether (sulfide) groups is 1. The average molecular weight is 416 g/mol. The van der Waals surface area contributed by atoms with Crippen LogP contribution < -0.4 is 5.32 Å². The largest absolute Gasteiger partial charge is 0.456 e. The highest BCUT2D eigenvalue weighted by atomic mass is 32.2. The molecule has 9 heteroatoms.